The minimum Gasteiger partial charge on any atom is -0.493 e. The van der Waals surface area contributed by atoms with Gasteiger partial charge in [0, 0.05) is 0 Å². The van der Waals surface area contributed by atoms with E-state index in [9.17, 15) is 4.79 Å². The van der Waals surface area contributed by atoms with Gasteiger partial charge in [-0.2, -0.15) is 5.10 Å². The number of carbonyl (C=O) groups excluding carboxylic acids is 1. The Bertz CT molecular complexity index is 719. The molecule has 1 amide bonds. The lowest BCUT2D eigenvalue weighted by molar-refractivity contribution is 0.0953. The standard InChI is InChI=1S/C17H20N2O4/c1-5-22-16-9-13(6-7-15(16)21-4)10-18-19-17(20)14-8-11(2)23-12(14)3/h6-10H,5H2,1-4H3,(H,19,20)/b18-10-. The summed E-state index contributed by atoms with van der Waals surface area (Å²) >= 11 is 0. The molecule has 0 radical (unpaired) electrons. The average molecular weight is 316 g/mol. The van der Waals surface area contributed by atoms with Crippen LogP contribution in [0.2, 0.25) is 0 Å². The first-order valence-electron chi connectivity index (χ1n) is 7.26. The molecule has 1 heterocycles. The fourth-order valence-corrected chi connectivity index (χ4v) is 2.12. The molecule has 0 atom stereocenters. The van der Waals surface area contributed by atoms with Gasteiger partial charge in [-0.1, -0.05) is 0 Å². The van der Waals surface area contributed by atoms with Crippen molar-refractivity contribution in [2.45, 2.75) is 20.8 Å². The molecule has 1 N–H and O–H groups in total. The predicted octanol–water partition coefficient (Wildman–Crippen LogP) is 3.07. The van der Waals surface area contributed by atoms with Crippen LogP contribution in [0.1, 0.15) is 34.4 Å². The van der Waals surface area contributed by atoms with Crippen LogP contribution < -0.4 is 14.9 Å². The highest BCUT2D eigenvalue weighted by Gasteiger charge is 2.12. The van der Waals surface area contributed by atoms with Gasteiger partial charge in [-0.3, -0.25) is 4.79 Å². The van der Waals surface area contributed by atoms with Crippen molar-refractivity contribution in [3.05, 3.63) is 46.9 Å². The van der Waals surface area contributed by atoms with Crippen molar-refractivity contribution in [3.8, 4) is 11.5 Å². The quantitative estimate of drug-likeness (QED) is 0.656. The van der Waals surface area contributed by atoms with E-state index in [-0.39, 0.29) is 5.91 Å². The summed E-state index contributed by atoms with van der Waals surface area (Å²) in [5, 5.41) is 3.96. The maximum absolute atomic E-state index is 12.0. The van der Waals surface area contributed by atoms with E-state index in [4.69, 9.17) is 13.9 Å². The molecule has 0 unspecified atom stereocenters. The zero-order chi connectivity index (χ0) is 16.8. The van der Waals surface area contributed by atoms with Crippen LogP contribution in [-0.4, -0.2) is 25.8 Å². The molecule has 0 fully saturated rings. The van der Waals surface area contributed by atoms with Crippen molar-refractivity contribution in [1.82, 2.24) is 5.43 Å². The lowest BCUT2D eigenvalue weighted by Crippen LogP contribution is -2.17. The number of hydrazone groups is 1. The second kappa shape index (κ2) is 7.49. The second-order valence-electron chi connectivity index (χ2n) is 4.87. The van der Waals surface area contributed by atoms with E-state index in [0.717, 1.165) is 5.56 Å². The number of hydrogen-bond donors (Lipinski definition) is 1. The first kappa shape index (κ1) is 16.6. The summed E-state index contributed by atoms with van der Waals surface area (Å²) in [7, 11) is 1.58. The predicted molar refractivity (Wildman–Crippen MR) is 87.4 cm³/mol. The lowest BCUT2D eigenvalue weighted by atomic mass is 10.2. The monoisotopic (exact) mass is 316 g/mol. The summed E-state index contributed by atoms with van der Waals surface area (Å²) in [5.41, 5.74) is 3.74. The maximum atomic E-state index is 12.0. The van der Waals surface area contributed by atoms with Crippen LogP contribution in [0.15, 0.2) is 33.8 Å². The SMILES string of the molecule is CCOc1cc(/C=N\NC(=O)c2cc(C)oc2C)ccc1OC. The van der Waals surface area contributed by atoms with Crippen LogP contribution >= 0.6 is 0 Å². The Morgan fingerprint density at radius 1 is 1.30 bits per heavy atom. The molecular formula is C17H20N2O4. The van der Waals surface area contributed by atoms with Gasteiger partial charge in [0.05, 0.1) is 25.5 Å². The average Bonchev–Trinajstić information content (AvgIpc) is 2.86. The van der Waals surface area contributed by atoms with Crippen molar-refractivity contribution < 1.29 is 18.7 Å². The Labute approximate surface area is 135 Å². The molecule has 0 saturated carbocycles. The van der Waals surface area contributed by atoms with Gasteiger partial charge in [0.25, 0.3) is 5.91 Å². The summed E-state index contributed by atoms with van der Waals surface area (Å²) in [4.78, 5) is 12.0. The van der Waals surface area contributed by atoms with Gasteiger partial charge in [0.15, 0.2) is 11.5 Å². The number of aryl methyl sites for hydroxylation is 2. The smallest absolute Gasteiger partial charge is 0.274 e. The van der Waals surface area contributed by atoms with E-state index < -0.39 is 0 Å². The summed E-state index contributed by atoms with van der Waals surface area (Å²) in [6.07, 6.45) is 1.54. The van der Waals surface area contributed by atoms with Crippen LogP contribution in [-0.2, 0) is 0 Å². The number of hydrogen-bond acceptors (Lipinski definition) is 5. The van der Waals surface area contributed by atoms with Crippen molar-refractivity contribution >= 4 is 12.1 Å². The summed E-state index contributed by atoms with van der Waals surface area (Å²) in [6.45, 7) is 5.96. The van der Waals surface area contributed by atoms with E-state index in [1.165, 1.54) is 0 Å². The zero-order valence-electron chi connectivity index (χ0n) is 13.7. The van der Waals surface area contributed by atoms with Gasteiger partial charge in [-0.05, 0) is 50.6 Å². The van der Waals surface area contributed by atoms with Crippen molar-refractivity contribution in [2.75, 3.05) is 13.7 Å². The number of nitrogens with one attached hydrogen (secondary N) is 1. The first-order chi connectivity index (χ1) is 11.0. The number of amides is 1. The number of nitrogens with zero attached hydrogens (tertiary/aromatic N) is 1. The van der Waals surface area contributed by atoms with Gasteiger partial charge in [-0.15, -0.1) is 0 Å². The summed E-state index contributed by atoms with van der Waals surface area (Å²) in [5.74, 6) is 2.23. The van der Waals surface area contributed by atoms with Crippen molar-refractivity contribution in [1.29, 1.82) is 0 Å². The summed E-state index contributed by atoms with van der Waals surface area (Å²) < 4.78 is 16.0. The van der Waals surface area contributed by atoms with Crippen molar-refractivity contribution in [2.24, 2.45) is 5.10 Å². The molecule has 1 aromatic carbocycles. The van der Waals surface area contributed by atoms with E-state index in [2.05, 4.69) is 10.5 Å². The minimum atomic E-state index is -0.311. The van der Waals surface area contributed by atoms with E-state index >= 15 is 0 Å². The lowest BCUT2D eigenvalue weighted by Gasteiger charge is -2.09. The van der Waals surface area contributed by atoms with Gasteiger partial charge < -0.3 is 13.9 Å². The van der Waals surface area contributed by atoms with Gasteiger partial charge >= 0.3 is 0 Å². The number of methoxy groups -OCH3 is 1. The third-order valence-corrected chi connectivity index (χ3v) is 3.15. The van der Waals surface area contributed by atoms with Crippen LogP contribution in [0, 0.1) is 13.8 Å². The minimum absolute atomic E-state index is 0.311. The molecule has 2 rings (SSSR count). The molecule has 0 saturated heterocycles. The maximum Gasteiger partial charge on any atom is 0.274 e. The Balaban J connectivity index is 2.07. The molecule has 0 aliphatic carbocycles. The van der Waals surface area contributed by atoms with Gasteiger partial charge in [0.1, 0.15) is 11.5 Å². The first-order valence-corrected chi connectivity index (χ1v) is 7.26. The zero-order valence-corrected chi connectivity index (χ0v) is 13.7. The molecule has 122 valence electrons. The molecule has 1 aromatic heterocycles. The Morgan fingerprint density at radius 2 is 2.09 bits per heavy atom. The Morgan fingerprint density at radius 3 is 2.70 bits per heavy atom. The number of rotatable bonds is 6. The molecule has 2 aromatic rings. The fourth-order valence-electron chi connectivity index (χ4n) is 2.12. The fraction of sp³-hybridized carbons (Fsp3) is 0.294. The summed E-state index contributed by atoms with van der Waals surface area (Å²) in [6, 6.07) is 7.09. The van der Waals surface area contributed by atoms with Crippen LogP contribution in [0.3, 0.4) is 0 Å². The second-order valence-corrected chi connectivity index (χ2v) is 4.87. The number of furan rings is 1. The number of carbonyl (C=O) groups is 1. The third kappa shape index (κ3) is 4.12. The van der Waals surface area contributed by atoms with Crippen LogP contribution in [0.4, 0.5) is 0 Å². The molecule has 0 bridgehead atoms. The number of ether oxygens (including phenoxy) is 2. The topological polar surface area (TPSA) is 73.1 Å². The van der Waals surface area contributed by atoms with E-state index in [1.54, 1.807) is 45.4 Å². The van der Waals surface area contributed by atoms with Crippen LogP contribution in [0.25, 0.3) is 0 Å². The van der Waals surface area contributed by atoms with E-state index in [0.29, 0.717) is 35.2 Å². The highest BCUT2D eigenvalue weighted by atomic mass is 16.5. The van der Waals surface area contributed by atoms with Gasteiger partial charge in [-0.25, -0.2) is 5.43 Å². The molecular weight excluding hydrogens is 296 g/mol. The number of benzene rings is 1. The third-order valence-electron chi connectivity index (χ3n) is 3.15. The van der Waals surface area contributed by atoms with E-state index in [1.807, 2.05) is 13.0 Å². The van der Waals surface area contributed by atoms with Crippen molar-refractivity contribution in [3.63, 3.8) is 0 Å². The Kier molecular flexibility index (Phi) is 5.41. The Hall–Kier alpha value is -2.76. The van der Waals surface area contributed by atoms with Crippen LogP contribution in [0.5, 0.6) is 11.5 Å². The highest BCUT2D eigenvalue weighted by molar-refractivity contribution is 5.95. The molecule has 23 heavy (non-hydrogen) atoms. The normalized spacial score (nSPS) is 10.8. The largest absolute Gasteiger partial charge is 0.493 e. The van der Waals surface area contributed by atoms with Gasteiger partial charge in [0.2, 0.25) is 0 Å². The molecule has 6 nitrogen and oxygen atoms in total. The highest BCUT2D eigenvalue weighted by Crippen LogP contribution is 2.27. The molecule has 6 heteroatoms. The molecule has 0 aliphatic rings. The molecule has 0 spiro atoms. The molecule has 0 aliphatic heterocycles.